The second kappa shape index (κ2) is 8.23. The first-order valence-corrected chi connectivity index (χ1v) is 10.2. The van der Waals surface area contributed by atoms with E-state index in [0.29, 0.717) is 0 Å². The number of ether oxygens (including phenoxy) is 1. The second-order valence-corrected chi connectivity index (χ2v) is 7.59. The van der Waals surface area contributed by atoms with Gasteiger partial charge in [-0.1, -0.05) is 30.3 Å². The van der Waals surface area contributed by atoms with Crippen LogP contribution in [0.5, 0.6) is 5.75 Å². The lowest BCUT2D eigenvalue weighted by molar-refractivity contribution is -0.123. The summed E-state index contributed by atoms with van der Waals surface area (Å²) in [5.41, 5.74) is 3.52. The fourth-order valence-electron chi connectivity index (χ4n) is 4.39. The van der Waals surface area contributed by atoms with E-state index < -0.39 is 0 Å². The molecule has 4 rings (SSSR count). The Balaban J connectivity index is 1.42. The van der Waals surface area contributed by atoms with Crippen molar-refractivity contribution in [2.45, 2.75) is 25.8 Å². The zero-order valence-electron chi connectivity index (χ0n) is 16.8. The van der Waals surface area contributed by atoms with Gasteiger partial charge in [-0.15, -0.1) is 0 Å². The normalized spacial score (nSPS) is 18.5. The Morgan fingerprint density at radius 2 is 1.61 bits per heavy atom. The molecule has 0 bridgehead atoms. The Morgan fingerprint density at radius 1 is 0.929 bits per heavy atom. The molecule has 2 aliphatic rings. The van der Waals surface area contributed by atoms with Gasteiger partial charge in [0.2, 0.25) is 5.91 Å². The van der Waals surface area contributed by atoms with E-state index in [0.717, 1.165) is 62.7 Å². The third-order valence-electron chi connectivity index (χ3n) is 6.02. The highest BCUT2D eigenvalue weighted by Crippen LogP contribution is 2.30. The molecular formula is C23H29N3O2. The molecule has 5 nitrogen and oxygen atoms in total. The summed E-state index contributed by atoms with van der Waals surface area (Å²) in [6, 6.07) is 16.4. The largest absolute Gasteiger partial charge is 0.495 e. The number of aryl methyl sites for hydroxylation is 1. The number of carbonyl (C=O) groups excluding carboxylic acids is 1. The SMILES string of the molecule is COc1ccccc1N1CCN([C@@H](C)C(=O)N2CCCc3ccccc32)CC1. The molecule has 2 aromatic rings. The number of methoxy groups -OCH3 is 1. The summed E-state index contributed by atoms with van der Waals surface area (Å²) in [5.74, 6) is 1.13. The fourth-order valence-corrected chi connectivity index (χ4v) is 4.39. The van der Waals surface area contributed by atoms with E-state index >= 15 is 0 Å². The van der Waals surface area contributed by atoms with Crippen LogP contribution in [-0.4, -0.2) is 56.7 Å². The minimum Gasteiger partial charge on any atom is -0.495 e. The van der Waals surface area contributed by atoms with Crippen molar-refractivity contribution in [2.75, 3.05) is 49.6 Å². The van der Waals surface area contributed by atoms with Crippen LogP contribution in [0, 0.1) is 0 Å². The number of amides is 1. The lowest BCUT2D eigenvalue weighted by Gasteiger charge is -2.41. The van der Waals surface area contributed by atoms with Gasteiger partial charge in [-0.05, 0) is 43.5 Å². The smallest absolute Gasteiger partial charge is 0.244 e. The van der Waals surface area contributed by atoms with E-state index in [1.165, 1.54) is 5.56 Å². The Bertz CT molecular complexity index is 830. The predicted octanol–water partition coefficient (Wildman–Crippen LogP) is 3.19. The molecule has 1 fully saturated rings. The average molecular weight is 380 g/mol. The first-order valence-electron chi connectivity index (χ1n) is 10.2. The molecule has 148 valence electrons. The van der Waals surface area contributed by atoms with Gasteiger partial charge in [-0.3, -0.25) is 9.69 Å². The lowest BCUT2D eigenvalue weighted by atomic mass is 10.0. The van der Waals surface area contributed by atoms with Crippen LogP contribution in [0.2, 0.25) is 0 Å². The lowest BCUT2D eigenvalue weighted by Crippen LogP contribution is -2.55. The zero-order chi connectivity index (χ0) is 19.5. The molecule has 28 heavy (non-hydrogen) atoms. The van der Waals surface area contributed by atoms with Gasteiger partial charge in [0.05, 0.1) is 18.8 Å². The number of benzene rings is 2. The predicted molar refractivity (Wildman–Crippen MR) is 113 cm³/mol. The number of para-hydroxylation sites is 3. The Labute approximate surface area is 167 Å². The third kappa shape index (κ3) is 3.59. The van der Waals surface area contributed by atoms with Crippen LogP contribution in [0.3, 0.4) is 0 Å². The summed E-state index contributed by atoms with van der Waals surface area (Å²) in [4.78, 5) is 19.9. The molecule has 2 heterocycles. The van der Waals surface area contributed by atoms with Crippen LogP contribution in [0.4, 0.5) is 11.4 Å². The van der Waals surface area contributed by atoms with Crippen molar-refractivity contribution in [3.63, 3.8) is 0 Å². The van der Waals surface area contributed by atoms with E-state index in [9.17, 15) is 4.79 Å². The van der Waals surface area contributed by atoms with E-state index in [-0.39, 0.29) is 11.9 Å². The van der Waals surface area contributed by atoms with Gasteiger partial charge >= 0.3 is 0 Å². The standard InChI is InChI=1S/C23H29N3O2/c1-18(23(27)26-13-7-9-19-8-3-4-10-20(19)26)24-14-16-25(17-15-24)21-11-5-6-12-22(21)28-2/h3-6,8,10-12,18H,7,9,13-17H2,1-2H3/t18-/m0/s1. The van der Waals surface area contributed by atoms with Crippen LogP contribution < -0.4 is 14.5 Å². The second-order valence-electron chi connectivity index (χ2n) is 7.59. The molecule has 2 aromatic carbocycles. The number of rotatable bonds is 4. The molecule has 0 aliphatic carbocycles. The summed E-state index contributed by atoms with van der Waals surface area (Å²) in [6.07, 6.45) is 2.10. The van der Waals surface area contributed by atoms with Gasteiger partial charge in [-0.2, -0.15) is 0 Å². The van der Waals surface area contributed by atoms with Crippen LogP contribution in [0.15, 0.2) is 48.5 Å². The molecule has 0 spiro atoms. The van der Waals surface area contributed by atoms with Crippen molar-refractivity contribution in [1.29, 1.82) is 0 Å². The monoisotopic (exact) mass is 379 g/mol. The van der Waals surface area contributed by atoms with Crippen molar-refractivity contribution in [1.82, 2.24) is 4.90 Å². The topological polar surface area (TPSA) is 36.0 Å². The van der Waals surface area contributed by atoms with E-state index in [1.807, 2.05) is 29.2 Å². The van der Waals surface area contributed by atoms with E-state index in [1.54, 1.807) is 7.11 Å². The number of fused-ring (bicyclic) bond motifs is 1. The first-order chi connectivity index (χ1) is 13.7. The number of hydrogen-bond donors (Lipinski definition) is 0. The summed E-state index contributed by atoms with van der Waals surface area (Å²) in [7, 11) is 1.71. The van der Waals surface area contributed by atoms with Gasteiger partial charge in [0.15, 0.2) is 0 Å². The average Bonchev–Trinajstić information content (AvgIpc) is 2.77. The highest BCUT2D eigenvalue weighted by atomic mass is 16.5. The summed E-state index contributed by atoms with van der Waals surface area (Å²) >= 11 is 0. The van der Waals surface area contributed by atoms with Gasteiger partial charge in [0.25, 0.3) is 0 Å². The van der Waals surface area contributed by atoms with Crippen LogP contribution >= 0.6 is 0 Å². The highest BCUT2D eigenvalue weighted by molar-refractivity contribution is 5.98. The van der Waals surface area contributed by atoms with Crippen LogP contribution in [0.25, 0.3) is 0 Å². The van der Waals surface area contributed by atoms with Crippen molar-refractivity contribution in [3.8, 4) is 5.75 Å². The van der Waals surface area contributed by atoms with Crippen LogP contribution in [0.1, 0.15) is 18.9 Å². The Morgan fingerprint density at radius 3 is 2.36 bits per heavy atom. The number of piperazine rings is 1. The van der Waals surface area contributed by atoms with Crippen LogP contribution in [-0.2, 0) is 11.2 Å². The van der Waals surface area contributed by atoms with Crippen molar-refractivity contribution >= 4 is 17.3 Å². The first kappa shape index (κ1) is 18.8. The molecule has 0 saturated carbocycles. The van der Waals surface area contributed by atoms with E-state index in [2.05, 4.69) is 41.0 Å². The fraction of sp³-hybridized carbons (Fsp3) is 0.435. The molecule has 0 unspecified atom stereocenters. The molecule has 5 heteroatoms. The molecular weight excluding hydrogens is 350 g/mol. The molecule has 0 radical (unpaired) electrons. The number of hydrogen-bond acceptors (Lipinski definition) is 4. The highest BCUT2D eigenvalue weighted by Gasteiger charge is 2.31. The molecule has 0 aromatic heterocycles. The number of anilines is 2. The van der Waals surface area contributed by atoms with Gasteiger partial charge < -0.3 is 14.5 Å². The minimum absolute atomic E-state index is 0.106. The molecule has 1 amide bonds. The maximum atomic E-state index is 13.3. The summed E-state index contributed by atoms with van der Waals surface area (Å²) < 4.78 is 5.51. The van der Waals surface area contributed by atoms with Crippen molar-refractivity contribution in [3.05, 3.63) is 54.1 Å². The molecule has 1 atom stereocenters. The van der Waals surface area contributed by atoms with Gasteiger partial charge in [-0.25, -0.2) is 0 Å². The van der Waals surface area contributed by atoms with Gasteiger partial charge in [0.1, 0.15) is 5.75 Å². The summed E-state index contributed by atoms with van der Waals surface area (Å²) in [5, 5.41) is 0. The maximum absolute atomic E-state index is 13.3. The maximum Gasteiger partial charge on any atom is 0.244 e. The molecule has 2 aliphatic heterocycles. The Kier molecular flexibility index (Phi) is 5.53. The molecule has 0 N–H and O–H groups in total. The molecule has 1 saturated heterocycles. The third-order valence-corrected chi connectivity index (χ3v) is 6.02. The quantitative estimate of drug-likeness (QED) is 0.817. The van der Waals surface area contributed by atoms with Crippen molar-refractivity contribution < 1.29 is 9.53 Å². The zero-order valence-corrected chi connectivity index (χ0v) is 16.8. The number of carbonyl (C=O) groups is 1. The summed E-state index contributed by atoms with van der Waals surface area (Å²) in [6.45, 7) is 6.42. The minimum atomic E-state index is -0.106. The number of nitrogens with zero attached hydrogens (tertiary/aromatic N) is 3. The van der Waals surface area contributed by atoms with Gasteiger partial charge in [0, 0.05) is 38.4 Å². The van der Waals surface area contributed by atoms with E-state index in [4.69, 9.17) is 4.74 Å². The van der Waals surface area contributed by atoms with Crippen molar-refractivity contribution in [2.24, 2.45) is 0 Å². The Hall–Kier alpha value is -2.53.